The highest BCUT2D eigenvalue weighted by Gasteiger charge is 2.39. The van der Waals surface area contributed by atoms with Crippen LogP contribution in [0.25, 0.3) is 0 Å². The minimum atomic E-state index is -1.92. The van der Waals surface area contributed by atoms with Gasteiger partial charge in [0.25, 0.3) is 12.9 Å². The number of carboxylic acids is 1. The zero-order chi connectivity index (χ0) is 98.8. The molecule has 8 N–H and O–H groups in total. The van der Waals surface area contributed by atoms with Gasteiger partial charge in [0, 0.05) is 55.6 Å². The SMILES string of the molecule is CC(=O)NC(CO)(CO)CO.CC(=O)NC(COC(=O)CCC(=O)OCc1ccc(C(=O)C(Cl)Cl)cc1)(COC(=O)CCC(=O)OCc1ccc(C(=O)C(Cl)Cl)cc1)COC(=O)CCC(=O)OCc1ccc(C(=O)C(Cl)Cl)cc1.CC(=O)NC(COC(=O)CCOC=O)(COC(=O)CCOC=O)COC(=O)CCC(=O)O.O=C(C1=CCC(CO)C=C1)C(Cl)Cl.O=C1CCC(=O)O1. The smallest absolute Gasteiger partial charge is 0.314 e. The van der Waals surface area contributed by atoms with Gasteiger partial charge in [-0.1, -0.05) is 184 Å². The number of rotatable bonds is 53. The highest BCUT2D eigenvalue weighted by Crippen LogP contribution is 2.23. The molecule has 0 bridgehead atoms. The first-order chi connectivity index (χ1) is 61.8. The maximum atomic E-state index is 12.9. The summed E-state index contributed by atoms with van der Waals surface area (Å²) in [5, 5.41) is 50.6. The normalized spacial score (nSPS) is 12.5. The molecule has 2 aliphatic rings. The molecule has 0 radical (unpaired) electrons. The Kier molecular flexibility index (Phi) is 58.5. The van der Waals surface area contributed by atoms with Crippen molar-refractivity contribution in [2.75, 3.05) is 79.3 Å². The number of ether oxygens (including phenoxy) is 12. The minimum Gasteiger partial charge on any atom is -0.481 e. The van der Waals surface area contributed by atoms with Crippen molar-refractivity contribution in [3.05, 3.63) is 130 Å². The number of Topliss-reactive ketones (excluding diaryl/α,β-unsaturated/α-hetero) is 4. The molecule has 722 valence electrons. The first-order valence-electron chi connectivity index (χ1n) is 38.5. The van der Waals surface area contributed by atoms with Crippen LogP contribution in [-0.2, 0) is 163 Å². The summed E-state index contributed by atoms with van der Waals surface area (Å²) in [7, 11) is 0. The van der Waals surface area contributed by atoms with Crippen LogP contribution in [0.2, 0.25) is 0 Å². The Morgan fingerprint density at radius 3 is 0.855 bits per heavy atom. The quantitative estimate of drug-likeness (QED) is 0.00697. The number of alkyl halides is 8. The standard InChI is InChI=1S/C45H43Cl6NO16.C18H25NO13.C9H10Cl2O2.C6H13NO4.C4H4O3/c1-26(53)52-45(23-66-36(57)17-14-33(54)63-20-27-2-8-30(9-3-27)39(60)42(46)47,24-67-37(58)18-15-34(55)64-21-28-4-10-31(11-5-28)40(61)43(48)49)25-68-38(59)19-16-35(56)65-22-29-6-12-32(13-7-29)41(62)44(50)51;1-13(22)19-18(8-30-15(25)3-2-14(23)24,9-31-16(26)4-6-28-11-20)10-32-17(27)5-7-29-12-21;10-9(11)8(13)7-3-1-6(5-12)2-4-7;1-5(11)7-6(2-8,3-9)4-10;5-3-1-2-4(6)7-3/h2-13,42-44H,14-25H2,1H3,(H,52,53);11-12H,2-10H2,1H3,(H,19,22)(H,23,24);1,3-4,6,9,12H,2,5H2;8-10H,2-4H2,1H3,(H,7,11);1-2H2. The van der Waals surface area contributed by atoms with Gasteiger partial charge in [0.05, 0.1) is 96.9 Å². The number of nitrogens with one attached hydrogen (secondary N) is 3. The number of aliphatic hydroxyl groups excluding tert-OH is 4. The molecule has 41 nitrogen and oxygen atoms in total. The van der Waals surface area contributed by atoms with Crippen molar-refractivity contribution in [2.24, 2.45) is 5.92 Å². The molecule has 1 heterocycles. The third-order valence-corrected chi connectivity index (χ3v) is 18.2. The molecule has 3 aromatic rings. The molecule has 5 rings (SSSR count). The van der Waals surface area contributed by atoms with E-state index in [0.29, 0.717) is 28.7 Å². The first kappa shape index (κ1) is 118. The van der Waals surface area contributed by atoms with Crippen LogP contribution >= 0.6 is 92.8 Å². The van der Waals surface area contributed by atoms with E-state index in [1.807, 2.05) is 0 Å². The average molecular weight is 2010 g/mol. The Bertz CT molecular complexity index is 4110. The number of aliphatic hydroxyl groups is 4. The number of carbonyl (C=O) groups is 21. The number of halogens is 8. The number of hydrogen-bond donors (Lipinski definition) is 8. The molecule has 3 aromatic carbocycles. The summed E-state index contributed by atoms with van der Waals surface area (Å²) in [6.07, 6.45) is 1.96. The Labute approximate surface area is 787 Å². The number of cyclic esters (lactones) is 2. The fourth-order valence-corrected chi connectivity index (χ4v) is 10.7. The maximum absolute atomic E-state index is 12.9. The topological polar surface area (TPSA) is 606 Å². The lowest BCUT2D eigenvalue weighted by Gasteiger charge is -2.32. The lowest BCUT2D eigenvalue weighted by molar-refractivity contribution is -0.162. The van der Waals surface area contributed by atoms with Crippen LogP contribution in [0.3, 0.4) is 0 Å². The Hall–Kier alpha value is -10.8. The van der Waals surface area contributed by atoms with Crippen LogP contribution in [0.1, 0.15) is 152 Å². The van der Waals surface area contributed by atoms with E-state index < -0.39 is 253 Å². The van der Waals surface area contributed by atoms with E-state index in [2.05, 4.69) is 30.2 Å². The van der Waals surface area contributed by atoms with Gasteiger partial charge in [0.1, 0.15) is 89.3 Å². The molecule has 1 aliphatic heterocycles. The van der Waals surface area contributed by atoms with Gasteiger partial charge in [-0.2, -0.15) is 0 Å². The molecule has 0 spiro atoms. The van der Waals surface area contributed by atoms with E-state index >= 15 is 0 Å². The molecule has 49 heteroatoms. The second-order valence-electron chi connectivity index (χ2n) is 27.4. The lowest BCUT2D eigenvalue weighted by Crippen LogP contribution is -2.59. The average Bonchev–Trinajstić information content (AvgIpc) is 1.17. The van der Waals surface area contributed by atoms with E-state index in [1.54, 1.807) is 18.2 Å². The van der Waals surface area contributed by atoms with Gasteiger partial charge in [0.15, 0.2) is 42.5 Å². The summed E-state index contributed by atoms with van der Waals surface area (Å²) in [5.74, 6) is -13.4. The van der Waals surface area contributed by atoms with E-state index in [0.717, 1.165) is 13.8 Å². The number of carboxylic acid groups (broad SMARTS) is 1. The molecule has 0 saturated carbocycles. The monoisotopic (exact) mass is 2010 g/mol. The fourth-order valence-electron chi connectivity index (χ4n) is 9.73. The lowest BCUT2D eigenvalue weighted by atomic mass is 9.96. The summed E-state index contributed by atoms with van der Waals surface area (Å²) < 4.78 is 59.4. The zero-order valence-electron chi connectivity index (χ0n) is 70.2. The van der Waals surface area contributed by atoms with Crippen LogP contribution < -0.4 is 16.0 Å². The van der Waals surface area contributed by atoms with Gasteiger partial charge in [0.2, 0.25) is 17.7 Å². The number of allylic oxidation sites excluding steroid dienone is 3. The number of esters is 11. The number of aliphatic carboxylic acids is 1. The van der Waals surface area contributed by atoms with Crippen LogP contribution in [0.4, 0.5) is 0 Å². The summed E-state index contributed by atoms with van der Waals surface area (Å²) in [6.45, 7) is -2.87. The van der Waals surface area contributed by atoms with Crippen molar-refractivity contribution >= 4 is 218 Å². The summed E-state index contributed by atoms with van der Waals surface area (Å²) in [5.41, 5.74) is -2.10. The van der Waals surface area contributed by atoms with E-state index in [9.17, 15) is 101 Å². The molecule has 3 amide bonds. The Balaban J connectivity index is 0.00000110. The molecule has 0 aromatic heterocycles. The van der Waals surface area contributed by atoms with Crippen molar-refractivity contribution in [3.63, 3.8) is 0 Å². The second kappa shape index (κ2) is 64.9. The minimum absolute atomic E-state index is 0.0969. The number of carbonyl (C=O) groups excluding carboxylic acids is 20. The number of benzene rings is 3. The van der Waals surface area contributed by atoms with Crippen molar-refractivity contribution in [2.45, 2.75) is 160 Å². The predicted molar refractivity (Wildman–Crippen MR) is 456 cm³/mol. The molecular formula is C82H95Cl8N3O38. The largest absolute Gasteiger partial charge is 0.481 e. The van der Waals surface area contributed by atoms with Crippen LogP contribution in [-0.4, -0.2) is 266 Å². The van der Waals surface area contributed by atoms with Gasteiger partial charge < -0.3 is 98.3 Å². The fraction of sp³-hybridized carbons (Fsp3) is 0.476. The van der Waals surface area contributed by atoms with Crippen LogP contribution in [0.5, 0.6) is 0 Å². The van der Waals surface area contributed by atoms with Gasteiger partial charge in [-0.05, 0) is 23.1 Å². The zero-order valence-corrected chi connectivity index (χ0v) is 76.3. The van der Waals surface area contributed by atoms with Crippen molar-refractivity contribution in [1.82, 2.24) is 16.0 Å². The van der Waals surface area contributed by atoms with Gasteiger partial charge in [-0.25, -0.2) is 0 Å². The molecule has 1 fully saturated rings. The van der Waals surface area contributed by atoms with Crippen molar-refractivity contribution in [1.29, 1.82) is 0 Å². The van der Waals surface area contributed by atoms with Crippen LogP contribution in [0.15, 0.2) is 96.6 Å². The third-order valence-electron chi connectivity index (χ3n) is 16.6. The second-order valence-corrected chi connectivity index (χ2v) is 31.8. The summed E-state index contributed by atoms with van der Waals surface area (Å²) in [6, 6.07) is 17.8. The number of amides is 3. The van der Waals surface area contributed by atoms with E-state index in [4.69, 9.17) is 161 Å². The molecule has 1 saturated heterocycles. The van der Waals surface area contributed by atoms with Crippen molar-refractivity contribution in [3.8, 4) is 0 Å². The maximum Gasteiger partial charge on any atom is 0.314 e. The highest BCUT2D eigenvalue weighted by molar-refractivity contribution is 6.57. The summed E-state index contributed by atoms with van der Waals surface area (Å²) >= 11 is 44.5. The predicted octanol–water partition coefficient (Wildman–Crippen LogP) is 5.05. The number of hydrogen-bond acceptors (Lipinski definition) is 37. The van der Waals surface area contributed by atoms with Gasteiger partial charge >= 0.3 is 71.6 Å². The summed E-state index contributed by atoms with van der Waals surface area (Å²) in [4.78, 5) is 239. The Morgan fingerprint density at radius 2 is 0.649 bits per heavy atom. The molecule has 131 heavy (non-hydrogen) atoms. The molecule has 1 atom stereocenters. The molecular weight excluding hydrogens is 1920 g/mol. The molecule has 1 unspecified atom stereocenters. The van der Waals surface area contributed by atoms with E-state index in [-0.39, 0.29) is 107 Å². The van der Waals surface area contributed by atoms with Gasteiger partial charge in [-0.3, -0.25) is 101 Å². The first-order valence-corrected chi connectivity index (χ1v) is 42.0. The van der Waals surface area contributed by atoms with Crippen LogP contribution in [0, 0.1) is 5.92 Å². The highest BCUT2D eigenvalue weighted by atomic mass is 35.5. The third kappa shape index (κ3) is 52.1. The van der Waals surface area contributed by atoms with Crippen molar-refractivity contribution < 1.29 is 183 Å². The number of ketones is 4. The van der Waals surface area contributed by atoms with Gasteiger partial charge in [-0.15, -0.1) is 0 Å². The Morgan fingerprint density at radius 1 is 0.389 bits per heavy atom. The van der Waals surface area contributed by atoms with E-state index in [1.165, 1.54) is 79.7 Å². The molecule has 1 aliphatic carbocycles.